The van der Waals surface area contributed by atoms with Crippen LogP contribution in [-0.4, -0.2) is 148 Å². The van der Waals surface area contributed by atoms with Crippen LogP contribution in [0.2, 0.25) is 0 Å². The summed E-state index contributed by atoms with van der Waals surface area (Å²) >= 11 is 1.66. The quantitative estimate of drug-likeness (QED) is 0.0494. The van der Waals surface area contributed by atoms with Crippen molar-refractivity contribution in [1.29, 1.82) is 0 Å². The first kappa shape index (κ1) is 54.8. The van der Waals surface area contributed by atoms with E-state index in [1.165, 1.54) is 7.11 Å². The molecular formula is C42H64O20S. The zero-order valence-electron chi connectivity index (χ0n) is 37.5. The Morgan fingerprint density at radius 2 is 0.921 bits per heavy atom. The molecule has 0 aromatic rings. The van der Waals surface area contributed by atoms with Crippen molar-refractivity contribution in [3.8, 4) is 0 Å². The van der Waals surface area contributed by atoms with Crippen LogP contribution in [-0.2, 0) is 95.2 Å². The third-order valence-corrected chi connectivity index (χ3v) is 10.5. The molecule has 0 aliphatic carbocycles. The molecule has 358 valence electrons. The van der Waals surface area contributed by atoms with E-state index in [4.69, 9.17) is 52.1 Å². The average Bonchev–Trinajstić information content (AvgIpc) is 3.18. The Labute approximate surface area is 372 Å². The van der Waals surface area contributed by atoms with Gasteiger partial charge in [0.1, 0.15) is 31.5 Å². The van der Waals surface area contributed by atoms with E-state index < -0.39 is 116 Å². The molecule has 0 aromatic carbocycles. The Kier molecular flexibility index (Phi) is 25.4. The number of ether oxygens (including phenoxy) is 12. The third-order valence-electron chi connectivity index (χ3n) is 9.29. The van der Waals surface area contributed by atoms with Crippen LogP contribution in [0.15, 0.2) is 12.2 Å². The fourth-order valence-corrected chi connectivity index (χ4v) is 7.63. The highest BCUT2D eigenvalue weighted by Gasteiger charge is 2.57. The lowest BCUT2D eigenvalue weighted by Gasteiger charge is -2.48. The van der Waals surface area contributed by atoms with Gasteiger partial charge in [0.05, 0.1) is 13.7 Å². The molecule has 0 bridgehead atoms. The number of thioether (sulfide) groups is 1. The predicted octanol–water partition coefficient (Wildman–Crippen LogP) is 3.60. The number of hydrogen-bond donors (Lipinski definition) is 0. The lowest BCUT2D eigenvalue weighted by Crippen LogP contribution is -2.67. The molecule has 2 fully saturated rings. The molecule has 2 saturated heterocycles. The summed E-state index contributed by atoms with van der Waals surface area (Å²) in [5.74, 6) is -4.60. The predicted molar refractivity (Wildman–Crippen MR) is 219 cm³/mol. The van der Waals surface area contributed by atoms with Crippen LogP contribution in [0.1, 0.15) is 106 Å². The van der Waals surface area contributed by atoms with Crippen LogP contribution < -0.4 is 0 Å². The van der Waals surface area contributed by atoms with E-state index in [1.54, 1.807) is 11.8 Å². The summed E-state index contributed by atoms with van der Waals surface area (Å²) in [5.41, 5.74) is 0.661. The van der Waals surface area contributed by atoms with E-state index in [0.717, 1.165) is 106 Å². The maximum atomic E-state index is 12.7. The van der Waals surface area contributed by atoms with Crippen LogP contribution >= 0.6 is 11.8 Å². The van der Waals surface area contributed by atoms with Gasteiger partial charge in [-0.25, -0.2) is 0 Å². The minimum absolute atomic E-state index is 0.0797. The topological polar surface area (TPSA) is 247 Å². The largest absolute Gasteiger partial charge is 0.469 e. The molecule has 20 nitrogen and oxygen atoms in total. The van der Waals surface area contributed by atoms with Crippen molar-refractivity contribution in [3.63, 3.8) is 0 Å². The van der Waals surface area contributed by atoms with Gasteiger partial charge in [0.15, 0.2) is 43.1 Å². The SMILES string of the molecule is C=C(CO[C@H]1O[C@H](COC(C)=O)[C@H](O[C@@H]2O[C@H](COC(C)=O)[C@H](OC(C)=O)[C@H](OC(C)=O)[C@H]2OC(C)=O)[C@H](OC(C)=O)[C@H]1OC(C)=O)CSCCCCCCCCCCC(=O)OC. The first-order valence-corrected chi connectivity index (χ1v) is 22.0. The Bertz CT molecular complexity index is 1540. The Morgan fingerprint density at radius 1 is 0.508 bits per heavy atom. The van der Waals surface area contributed by atoms with Crippen LogP contribution in [0.3, 0.4) is 0 Å². The van der Waals surface area contributed by atoms with Crippen molar-refractivity contribution >= 4 is 59.5 Å². The van der Waals surface area contributed by atoms with E-state index in [-0.39, 0.29) is 12.6 Å². The monoisotopic (exact) mass is 920 g/mol. The summed E-state index contributed by atoms with van der Waals surface area (Å²) in [7, 11) is 1.39. The maximum absolute atomic E-state index is 12.7. The van der Waals surface area contributed by atoms with Crippen molar-refractivity contribution in [3.05, 3.63) is 12.2 Å². The second-order valence-corrected chi connectivity index (χ2v) is 16.0. The zero-order valence-corrected chi connectivity index (χ0v) is 38.3. The summed E-state index contributed by atoms with van der Waals surface area (Å²) in [6, 6.07) is 0. The molecule has 0 saturated carbocycles. The standard InChI is InChI=1S/C42H64O20S/c1-24(23-63-19-17-15-13-11-10-12-14-16-18-34(50)51-9)20-54-41-39(58-30(7)48)38(57-29(6)47)36(33(60-41)22-53-26(3)44)62-42-40(59-31(8)49)37(56-28(5)46)35(55-27(4)45)32(61-42)21-52-25(2)43/h32-33,35-42H,1,10-23H2,2-9H3/t32-,33-,35+,36+,37+,38+,39-,40-,41+,42+/m1/s1. The van der Waals surface area contributed by atoms with Gasteiger partial charge in [0.2, 0.25) is 0 Å². The highest BCUT2D eigenvalue weighted by atomic mass is 32.2. The van der Waals surface area contributed by atoms with Crippen molar-refractivity contribution < 1.29 is 95.2 Å². The molecule has 0 unspecified atom stereocenters. The number of esters is 8. The van der Waals surface area contributed by atoms with Gasteiger partial charge in [-0.05, 0) is 24.2 Å². The van der Waals surface area contributed by atoms with Gasteiger partial charge in [-0.3, -0.25) is 38.4 Å². The summed E-state index contributed by atoms with van der Waals surface area (Å²) in [6.45, 7) is 10.5. The fraction of sp³-hybridized carbons (Fsp3) is 0.762. The first-order valence-electron chi connectivity index (χ1n) is 20.8. The molecule has 2 aliphatic rings. The van der Waals surface area contributed by atoms with Gasteiger partial charge in [-0.2, -0.15) is 11.8 Å². The van der Waals surface area contributed by atoms with Crippen LogP contribution in [0, 0.1) is 0 Å². The summed E-state index contributed by atoms with van der Waals surface area (Å²) in [6.07, 6.45) is -6.76. The molecule has 21 heteroatoms. The molecule has 2 rings (SSSR count). The second kappa shape index (κ2) is 29.2. The molecule has 10 atom stereocenters. The molecule has 0 N–H and O–H groups in total. The summed E-state index contributed by atoms with van der Waals surface area (Å²) in [5, 5.41) is 0. The molecule has 2 aliphatic heterocycles. The van der Waals surface area contributed by atoms with E-state index in [1.807, 2.05) is 0 Å². The Morgan fingerprint density at radius 3 is 1.41 bits per heavy atom. The molecule has 2 heterocycles. The zero-order chi connectivity index (χ0) is 47.1. The van der Waals surface area contributed by atoms with Gasteiger partial charge in [0, 0.05) is 60.6 Å². The van der Waals surface area contributed by atoms with Gasteiger partial charge in [0.25, 0.3) is 0 Å². The number of unbranched alkanes of at least 4 members (excludes halogenated alkanes) is 7. The molecule has 0 spiro atoms. The number of carbonyl (C=O) groups excluding carboxylic acids is 8. The Balaban J connectivity index is 2.31. The van der Waals surface area contributed by atoms with Crippen molar-refractivity contribution in [2.45, 2.75) is 168 Å². The number of rotatable bonds is 27. The number of carbonyl (C=O) groups is 8. The minimum atomic E-state index is -1.80. The van der Waals surface area contributed by atoms with Crippen molar-refractivity contribution in [2.24, 2.45) is 0 Å². The van der Waals surface area contributed by atoms with E-state index in [0.29, 0.717) is 17.7 Å². The average molecular weight is 921 g/mol. The highest BCUT2D eigenvalue weighted by molar-refractivity contribution is 7.99. The fourth-order valence-electron chi connectivity index (χ4n) is 6.70. The van der Waals surface area contributed by atoms with Crippen LogP contribution in [0.4, 0.5) is 0 Å². The van der Waals surface area contributed by atoms with E-state index in [9.17, 15) is 38.4 Å². The molecule has 0 aromatic heterocycles. The summed E-state index contributed by atoms with van der Waals surface area (Å²) < 4.78 is 67.7. The van der Waals surface area contributed by atoms with Crippen LogP contribution in [0.25, 0.3) is 0 Å². The van der Waals surface area contributed by atoms with Crippen molar-refractivity contribution in [2.75, 3.05) is 38.4 Å². The highest BCUT2D eigenvalue weighted by Crippen LogP contribution is 2.36. The lowest BCUT2D eigenvalue weighted by atomic mass is 9.96. The maximum Gasteiger partial charge on any atom is 0.305 e. The van der Waals surface area contributed by atoms with Crippen molar-refractivity contribution in [1.82, 2.24) is 0 Å². The van der Waals surface area contributed by atoms with Gasteiger partial charge >= 0.3 is 47.8 Å². The van der Waals surface area contributed by atoms with Crippen LogP contribution in [0.5, 0.6) is 0 Å². The van der Waals surface area contributed by atoms with Gasteiger partial charge < -0.3 is 56.8 Å². The first-order chi connectivity index (χ1) is 29.8. The molecule has 0 amide bonds. The third kappa shape index (κ3) is 21.3. The number of methoxy groups -OCH3 is 1. The Hall–Kier alpha value is -4.31. The van der Waals surface area contributed by atoms with E-state index in [2.05, 4.69) is 11.3 Å². The number of hydrogen-bond acceptors (Lipinski definition) is 21. The molecule has 63 heavy (non-hydrogen) atoms. The smallest absolute Gasteiger partial charge is 0.305 e. The minimum Gasteiger partial charge on any atom is -0.469 e. The normalized spacial score (nSPS) is 25.4. The van der Waals surface area contributed by atoms with E-state index >= 15 is 0 Å². The summed E-state index contributed by atoms with van der Waals surface area (Å²) in [4.78, 5) is 97.6. The van der Waals surface area contributed by atoms with Gasteiger partial charge in [-0.15, -0.1) is 0 Å². The second-order valence-electron chi connectivity index (χ2n) is 14.9. The molecular weight excluding hydrogens is 857 g/mol. The molecule has 0 radical (unpaired) electrons. The van der Waals surface area contributed by atoms with Gasteiger partial charge in [-0.1, -0.05) is 45.1 Å². The lowest BCUT2D eigenvalue weighted by molar-refractivity contribution is -0.360.